The van der Waals surface area contributed by atoms with Crippen LogP contribution in [0.1, 0.15) is 43.7 Å². The monoisotopic (exact) mass is 357 g/mol. The number of aryl methyl sites for hydroxylation is 2. The van der Waals surface area contributed by atoms with Gasteiger partial charge < -0.3 is 10.3 Å². The Hall–Kier alpha value is -2.28. The van der Waals surface area contributed by atoms with E-state index in [1.807, 2.05) is 26.0 Å². The fourth-order valence-electron chi connectivity index (χ4n) is 2.42. The molecule has 2 N–H and O–H groups in total. The minimum atomic E-state index is 0.113. The van der Waals surface area contributed by atoms with Crippen LogP contribution < -0.4 is 5.84 Å². The number of nitrogens with zero attached hydrogens (tertiary/aromatic N) is 4. The first kappa shape index (κ1) is 17.5. The van der Waals surface area contributed by atoms with Crippen LogP contribution in [0.3, 0.4) is 0 Å². The van der Waals surface area contributed by atoms with Crippen LogP contribution >= 0.6 is 11.8 Å². The lowest BCUT2D eigenvalue weighted by atomic mass is 9.87. The fourth-order valence-corrected chi connectivity index (χ4v) is 3.12. The van der Waals surface area contributed by atoms with E-state index < -0.39 is 0 Å². The van der Waals surface area contributed by atoms with E-state index >= 15 is 0 Å². The van der Waals surface area contributed by atoms with Gasteiger partial charge in [-0.1, -0.05) is 56.8 Å². The molecule has 0 saturated heterocycles. The summed E-state index contributed by atoms with van der Waals surface area (Å²) >= 11 is 1.45. The van der Waals surface area contributed by atoms with Gasteiger partial charge in [-0.25, -0.2) is 9.66 Å². The molecule has 25 heavy (non-hydrogen) atoms. The third kappa shape index (κ3) is 3.71. The zero-order valence-electron chi connectivity index (χ0n) is 15.2. The average molecular weight is 357 g/mol. The van der Waals surface area contributed by atoms with Crippen molar-refractivity contribution in [2.24, 2.45) is 0 Å². The third-order valence-electron chi connectivity index (χ3n) is 4.07. The minimum Gasteiger partial charge on any atom is -0.445 e. The number of hydrogen-bond acceptors (Lipinski definition) is 6. The first-order valence-corrected chi connectivity index (χ1v) is 9.11. The third-order valence-corrected chi connectivity index (χ3v) is 5.00. The molecule has 1 aromatic carbocycles. The number of rotatable bonds is 4. The second-order valence-corrected chi connectivity index (χ2v) is 7.98. The second kappa shape index (κ2) is 6.55. The van der Waals surface area contributed by atoms with Crippen molar-refractivity contribution in [3.05, 3.63) is 47.2 Å². The van der Waals surface area contributed by atoms with Crippen LogP contribution in [-0.4, -0.2) is 19.9 Å². The van der Waals surface area contributed by atoms with E-state index in [-0.39, 0.29) is 5.41 Å². The van der Waals surface area contributed by atoms with Crippen LogP contribution in [0.5, 0.6) is 0 Å². The van der Waals surface area contributed by atoms with Crippen molar-refractivity contribution in [1.29, 1.82) is 0 Å². The van der Waals surface area contributed by atoms with E-state index in [0.29, 0.717) is 22.6 Å². The summed E-state index contributed by atoms with van der Waals surface area (Å²) in [6.45, 7) is 10.4. The highest BCUT2D eigenvalue weighted by molar-refractivity contribution is 7.98. The number of nitrogens with two attached hydrogens (primary N) is 1. The average Bonchev–Trinajstić information content (AvgIpc) is 3.07. The van der Waals surface area contributed by atoms with Gasteiger partial charge in [-0.2, -0.15) is 0 Å². The molecule has 132 valence electrons. The molecule has 2 aromatic heterocycles. The van der Waals surface area contributed by atoms with Gasteiger partial charge in [-0.05, 0) is 24.8 Å². The van der Waals surface area contributed by atoms with Crippen molar-refractivity contribution < 1.29 is 4.42 Å². The molecule has 0 atom stereocenters. The van der Waals surface area contributed by atoms with Gasteiger partial charge in [0.15, 0.2) is 5.82 Å². The molecule has 7 heteroatoms. The molecule has 0 aliphatic rings. The topological polar surface area (TPSA) is 82.8 Å². The molecule has 0 radical (unpaired) electrons. The van der Waals surface area contributed by atoms with Gasteiger partial charge in [0.25, 0.3) is 0 Å². The van der Waals surface area contributed by atoms with E-state index in [0.717, 1.165) is 17.0 Å². The van der Waals surface area contributed by atoms with E-state index in [4.69, 9.17) is 10.3 Å². The standard InChI is InChI=1S/C18H23N5OS/c1-11-12(2)24-15(20-11)10-25-17-22-21-16(23(17)19)13-6-8-14(9-7-13)18(3,4)5/h6-9H,10,19H2,1-5H3. The van der Waals surface area contributed by atoms with Gasteiger partial charge in [0.1, 0.15) is 5.76 Å². The highest BCUT2D eigenvalue weighted by atomic mass is 32.2. The summed E-state index contributed by atoms with van der Waals surface area (Å²) in [5.41, 5.74) is 3.23. The maximum atomic E-state index is 6.18. The number of hydrogen-bond donors (Lipinski definition) is 1. The first-order chi connectivity index (χ1) is 11.8. The molecule has 0 amide bonds. The van der Waals surface area contributed by atoms with E-state index in [1.54, 1.807) is 0 Å². The summed E-state index contributed by atoms with van der Waals surface area (Å²) < 4.78 is 7.10. The molecule has 0 spiro atoms. The maximum Gasteiger partial charge on any atom is 0.210 e. The van der Waals surface area contributed by atoms with Crippen molar-refractivity contribution in [1.82, 2.24) is 19.9 Å². The quantitative estimate of drug-likeness (QED) is 0.564. The molecule has 0 aliphatic heterocycles. The van der Waals surface area contributed by atoms with Crippen LogP contribution in [-0.2, 0) is 11.2 Å². The molecule has 0 aliphatic carbocycles. The predicted molar refractivity (Wildman–Crippen MR) is 99.8 cm³/mol. The number of aromatic nitrogens is 4. The summed E-state index contributed by atoms with van der Waals surface area (Å²) in [6, 6.07) is 8.27. The van der Waals surface area contributed by atoms with E-state index in [9.17, 15) is 0 Å². The van der Waals surface area contributed by atoms with Crippen LogP contribution in [0, 0.1) is 13.8 Å². The molecule has 2 heterocycles. The number of thioether (sulfide) groups is 1. The van der Waals surface area contributed by atoms with Gasteiger partial charge in [0.05, 0.1) is 11.4 Å². The van der Waals surface area contributed by atoms with Crippen LogP contribution in [0.15, 0.2) is 33.8 Å². The molecule has 6 nitrogen and oxygen atoms in total. The van der Waals surface area contributed by atoms with Crippen molar-refractivity contribution >= 4 is 11.8 Å². The van der Waals surface area contributed by atoms with Crippen molar-refractivity contribution in [3.63, 3.8) is 0 Å². The molecule has 3 rings (SSSR count). The Morgan fingerprint density at radius 2 is 1.80 bits per heavy atom. The van der Waals surface area contributed by atoms with E-state index in [2.05, 4.69) is 48.1 Å². The zero-order valence-corrected chi connectivity index (χ0v) is 16.0. The highest BCUT2D eigenvalue weighted by Gasteiger charge is 2.16. The lowest BCUT2D eigenvalue weighted by molar-refractivity contribution is 0.489. The Morgan fingerprint density at radius 1 is 1.12 bits per heavy atom. The summed E-state index contributed by atoms with van der Waals surface area (Å²) in [7, 11) is 0. The summed E-state index contributed by atoms with van der Waals surface area (Å²) in [6.07, 6.45) is 0. The Kier molecular flexibility index (Phi) is 4.60. The fraction of sp³-hybridized carbons (Fsp3) is 0.389. The van der Waals surface area contributed by atoms with Gasteiger partial charge in [0, 0.05) is 5.56 Å². The molecular weight excluding hydrogens is 334 g/mol. The molecule has 0 unspecified atom stereocenters. The lowest BCUT2D eigenvalue weighted by Crippen LogP contribution is -2.12. The smallest absolute Gasteiger partial charge is 0.210 e. The van der Waals surface area contributed by atoms with Crippen LogP contribution in [0.2, 0.25) is 0 Å². The predicted octanol–water partition coefficient (Wildman–Crippen LogP) is 3.85. The van der Waals surface area contributed by atoms with Crippen LogP contribution in [0.25, 0.3) is 11.4 Å². The lowest BCUT2D eigenvalue weighted by Gasteiger charge is -2.19. The first-order valence-electron chi connectivity index (χ1n) is 8.13. The Balaban J connectivity index is 1.76. The molecule has 0 saturated carbocycles. The molecule has 0 bridgehead atoms. The van der Waals surface area contributed by atoms with Crippen molar-refractivity contribution in [3.8, 4) is 11.4 Å². The Labute approximate surface area is 151 Å². The summed E-state index contributed by atoms with van der Waals surface area (Å²) in [5, 5.41) is 9.05. The van der Waals surface area contributed by atoms with E-state index in [1.165, 1.54) is 22.0 Å². The second-order valence-electron chi connectivity index (χ2n) is 7.04. The minimum absolute atomic E-state index is 0.113. The largest absolute Gasteiger partial charge is 0.445 e. The number of oxazole rings is 1. The van der Waals surface area contributed by atoms with Crippen LogP contribution in [0.4, 0.5) is 0 Å². The summed E-state index contributed by atoms with van der Waals surface area (Å²) in [5.74, 6) is 8.89. The zero-order chi connectivity index (χ0) is 18.2. The van der Waals surface area contributed by atoms with Gasteiger partial charge in [-0.15, -0.1) is 10.2 Å². The SMILES string of the molecule is Cc1nc(CSc2nnc(-c3ccc(C(C)(C)C)cc3)n2N)oc1C. The van der Waals surface area contributed by atoms with Crippen molar-refractivity contribution in [2.45, 2.75) is 50.9 Å². The molecule has 0 fully saturated rings. The Bertz CT molecular complexity index is 855. The van der Waals surface area contributed by atoms with Gasteiger partial charge in [0.2, 0.25) is 11.0 Å². The highest BCUT2D eigenvalue weighted by Crippen LogP contribution is 2.27. The van der Waals surface area contributed by atoms with Gasteiger partial charge in [-0.3, -0.25) is 0 Å². The summed E-state index contributed by atoms with van der Waals surface area (Å²) in [4.78, 5) is 4.37. The molecule has 3 aromatic rings. The molecular formula is C18H23N5OS. The maximum absolute atomic E-state index is 6.18. The van der Waals surface area contributed by atoms with Gasteiger partial charge >= 0.3 is 0 Å². The van der Waals surface area contributed by atoms with Crippen molar-refractivity contribution in [2.75, 3.05) is 5.84 Å². The number of nitrogen functional groups attached to an aromatic ring is 1. The normalized spacial score (nSPS) is 11.9. The Morgan fingerprint density at radius 3 is 2.36 bits per heavy atom. The number of benzene rings is 1.